The van der Waals surface area contributed by atoms with Gasteiger partial charge in [0.05, 0.1) is 12.9 Å². The molecular weight excluding hydrogens is 332 g/mol. The molecule has 3 aliphatic heterocycles. The smallest absolute Gasteiger partial charge is 0.391 e. The minimum absolute atomic E-state index is 0.261. The highest BCUT2D eigenvalue weighted by molar-refractivity contribution is 6.80. The Hall–Kier alpha value is -1.00. The van der Waals surface area contributed by atoms with Crippen LogP contribution in [0.1, 0.15) is 46.5 Å². The van der Waals surface area contributed by atoms with E-state index < -0.39 is 19.1 Å². The highest BCUT2D eigenvalue weighted by Gasteiger charge is 2.85. The first-order valence-corrected chi connectivity index (χ1v) is 10.9. The van der Waals surface area contributed by atoms with Crippen LogP contribution in [-0.2, 0) is 28.8 Å². The van der Waals surface area contributed by atoms with E-state index in [2.05, 4.69) is 9.89 Å². The van der Waals surface area contributed by atoms with E-state index in [1.807, 2.05) is 20.2 Å². The highest BCUT2D eigenvalue weighted by Crippen LogP contribution is 2.57. The van der Waals surface area contributed by atoms with Crippen molar-refractivity contribution in [1.29, 1.82) is 0 Å². The quantitative estimate of drug-likeness (QED) is 0.334. The number of carbonyl (C=O) groups excluding carboxylic acids is 1. The molecule has 2 fully saturated rings. The fourth-order valence-corrected chi connectivity index (χ4v) is 8.15. The zero-order valence-corrected chi connectivity index (χ0v) is 15.6. The van der Waals surface area contributed by atoms with Crippen LogP contribution in [0.4, 0.5) is 0 Å². The molecule has 9 heteroatoms. The second-order valence-corrected chi connectivity index (χ2v) is 10.2. The Morgan fingerprint density at radius 2 is 1.83 bits per heavy atom. The standard InChI is InChI=1S/C15H26N2O6Si/c1-4-13(18)19-24(14(5-2)20-21-14,15(6-3)22-23-15)11-7-9-17-10-8-16-12-17/h12H,4-11H2,1-3H3. The van der Waals surface area contributed by atoms with Crippen LogP contribution in [-0.4, -0.2) is 56.0 Å². The summed E-state index contributed by atoms with van der Waals surface area (Å²) in [6, 6.07) is 0.658. The molecular formula is C15H26N2O6Si. The normalized spacial score (nSPS) is 23.4. The predicted molar refractivity (Wildman–Crippen MR) is 86.9 cm³/mol. The summed E-state index contributed by atoms with van der Waals surface area (Å²) in [5, 5.41) is 0. The monoisotopic (exact) mass is 358 g/mol. The molecule has 0 aromatic rings. The molecule has 0 saturated carbocycles. The average Bonchev–Trinajstić information content (AvgIpc) is 3.52. The van der Waals surface area contributed by atoms with Crippen molar-refractivity contribution in [2.75, 3.05) is 19.6 Å². The Kier molecular flexibility index (Phi) is 4.98. The molecule has 3 heterocycles. The summed E-state index contributed by atoms with van der Waals surface area (Å²) in [7, 11) is -2.99. The van der Waals surface area contributed by atoms with Gasteiger partial charge in [0.15, 0.2) is 0 Å². The van der Waals surface area contributed by atoms with Crippen molar-refractivity contribution in [3.05, 3.63) is 0 Å². The van der Waals surface area contributed by atoms with Crippen molar-refractivity contribution >= 4 is 20.6 Å². The predicted octanol–water partition coefficient (Wildman–Crippen LogP) is 1.83. The van der Waals surface area contributed by atoms with E-state index in [4.69, 9.17) is 24.0 Å². The fraction of sp³-hybridized carbons (Fsp3) is 0.867. The molecule has 8 nitrogen and oxygen atoms in total. The Bertz CT molecular complexity index is 486. The summed E-state index contributed by atoms with van der Waals surface area (Å²) in [5.41, 5.74) is -1.74. The molecule has 0 aromatic heterocycles. The highest BCUT2D eigenvalue weighted by atomic mass is 28.4. The van der Waals surface area contributed by atoms with Gasteiger partial charge in [0.2, 0.25) is 0 Å². The Balaban J connectivity index is 1.80. The number of hydrogen-bond acceptors (Lipinski definition) is 8. The molecule has 2 saturated heterocycles. The van der Waals surface area contributed by atoms with Crippen molar-refractivity contribution in [2.24, 2.45) is 4.99 Å². The maximum Gasteiger partial charge on any atom is 0.391 e. The van der Waals surface area contributed by atoms with Gasteiger partial charge in [0.1, 0.15) is 0 Å². The van der Waals surface area contributed by atoms with Crippen molar-refractivity contribution in [1.82, 2.24) is 4.90 Å². The molecule has 136 valence electrons. The average molecular weight is 358 g/mol. The van der Waals surface area contributed by atoms with Gasteiger partial charge in [0.25, 0.3) is 16.8 Å². The number of carbonyl (C=O) groups is 1. The lowest BCUT2D eigenvalue weighted by Crippen LogP contribution is -2.65. The Morgan fingerprint density at radius 3 is 2.25 bits per heavy atom. The molecule has 3 rings (SSSR count). The summed E-state index contributed by atoms with van der Waals surface area (Å²) in [6.07, 6.45) is 4.19. The first-order valence-electron chi connectivity index (χ1n) is 8.76. The van der Waals surface area contributed by atoms with Crippen LogP contribution in [0, 0.1) is 0 Å². The molecule has 0 amide bonds. The first-order chi connectivity index (χ1) is 11.6. The van der Waals surface area contributed by atoms with E-state index >= 15 is 0 Å². The van der Waals surface area contributed by atoms with Crippen molar-refractivity contribution in [2.45, 2.75) is 63.3 Å². The molecule has 0 aromatic carbocycles. The lowest BCUT2D eigenvalue weighted by atomic mass is 10.4. The van der Waals surface area contributed by atoms with Gasteiger partial charge < -0.3 is 9.33 Å². The van der Waals surface area contributed by atoms with Gasteiger partial charge >= 0.3 is 8.32 Å². The molecule has 0 aliphatic carbocycles. The molecule has 0 radical (unpaired) electrons. The summed E-state index contributed by atoms with van der Waals surface area (Å²) in [6.45, 7) is 8.33. The largest absolute Gasteiger partial charge is 0.507 e. The van der Waals surface area contributed by atoms with Crippen molar-refractivity contribution < 1.29 is 28.8 Å². The summed E-state index contributed by atoms with van der Waals surface area (Å²) in [4.78, 5) is 40.1. The minimum Gasteiger partial charge on any atom is -0.507 e. The number of hydrogen-bond donors (Lipinski definition) is 0. The first kappa shape index (κ1) is 17.8. The second-order valence-electron chi connectivity index (χ2n) is 6.36. The fourth-order valence-electron chi connectivity index (χ4n) is 3.44. The van der Waals surface area contributed by atoms with Crippen LogP contribution in [0.15, 0.2) is 4.99 Å². The van der Waals surface area contributed by atoms with Crippen LogP contribution < -0.4 is 0 Å². The van der Waals surface area contributed by atoms with Crippen LogP contribution in [0.25, 0.3) is 0 Å². The minimum atomic E-state index is -2.99. The summed E-state index contributed by atoms with van der Waals surface area (Å²) >= 11 is 0. The third-order valence-corrected chi connectivity index (χ3v) is 10.2. The maximum atomic E-state index is 12.2. The van der Waals surface area contributed by atoms with E-state index in [0.29, 0.717) is 25.3 Å². The van der Waals surface area contributed by atoms with Crippen LogP contribution in [0.5, 0.6) is 0 Å². The molecule has 0 atom stereocenters. The SMILES string of the molecule is CCC(=O)O[Si](CCCN1C=NCC1)(C1(CC)OO1)C1(CC)OO1. The summed E-state index contributed by atoms with van der Waals surface area (Å²) in [5.74, 6) is -0.261. The Labute approximate surface area is 143 Å². The Morgan fingerprint density at radius 1 is 1.21 bits per heavy atom. The zero-order valence-electron chi connectivity index (χ0n) is 14.6. The summed E-state index contributed by atoms with van der Waals surface area (Å²) < 4.78 is 6.04. The molecule has 24 heavy (non-hydrogen) atoms. The van der Waals surface area contributed by atoms with Crippen molar-refractivity contribution in [3.8, 4) is 0 Å². The third-order valence-electron chi connectivity index (χ3n) is 5.04. The van der Waals surface area contributed by atoms with Gasteiger partial charge in [-0.3, -0.25) is 9.79 Å². The second kappa shape index (κ2) is 6.72. The zero-order chi connectivity index (χ0) is 17.3. The van der Waals surface area contributed by atoms with Crippen LogP contribution in [0.2, 0.25) is 6.04 Å². The third kappa shape index (κ3) is 2.88. The van der Waals surface area contributed by atoms with E-state index in [9.17, 15) is 4.79 Å². The van der Waals surface area contributed by atoms with Gasteiger partial charge in [-0.2, -0.15) is 19.6 Å². The lowest BCUT2D eigenvalue weighted by Gasteiger charge is -2.34. The lowest BCUT2D eigenvalue weighted by molar-refractivity contribution is -0.135. The maximum absolute atomic E-state index is 12.2. The van der Waals surface area contributed by atoms with Crippen LogP contribution in [0.3, 0.4) is 0 Å². The molecule has 0 spiro atoms. The van der Waals surface area contributed by atoms with Gasteiger partial charge in [-0.15, -0.1) is 0 Å². The molecule has 0 N–H and O–H groups in total. The molecule has 0 unspecified atom stereocenters. The molecule has 3 aliphatic rings. The van der Waals surface area contributed by atoms with E-state index in [0.717, 1.165) is 26.1 Å². The number of nitrogens with zero attached hydrogens (tertiary/aromatic N) is 2. The van der Waals surface area contributed by atoms with Gasteiger partial charge in [-0.25, -0.2) is 0 Å². The topological polar surface area (TPSA) is 92.0 Å². The van der Waals surface area contributed by atoms with E-state index in [1.165, 1.54) is 0 Å². The number of aliphatic imine (C=N–C) groups is 1. The van der Waals surface area contributed by atoms with Crippen LogP contribution >= 0.6 is 0 Å². The van der Waals surface area contributed by atoms with Gasteiger partial charge in [0, 0.05) is 32.4 Å². The van der Waals surface area contributed by atoms with Gasteiger partial charge in [-0.1, -0.05) is 20.8 Å². The number of rotatable bonds is 10. The van der Waals surface area contributed by atoms with E-state index in [-0.39, 0.29) is 5.97 Å². The van der Waals surface area contributed by atoms with Gasteiger partial charge in [-0.05, 0) is 12.5 Å². The molecule has 0 bridgehead atoms. The van der Waals surface area contributed by atoms with E-state index in [1.54, 1.807) is 6.92 Å². The van der Waals surface area contributed by atoms with Crippen molar-refractivity contribution in [3.63, 3.8) is 0 Å².